The average molecular weight is 239 g/mol. The van der Waals surface area contributed by atoms with Crippen molar-refractivity contribution in [3.8, 4) is 5.75 Å². The number of phenols is 1. The number of nitrogens with two attached hydrogens (primary N) is 1. The van der Waals surface area contributed by atoms with Crippen molar-refractivity contribution in [3.05, 3.63) is 28.9 Å². The molecule has 2 rings (SSSR count). The molecule has 3 N–H and O–H groups in total. The normalized spacial score (nSPS) is 10.5. The topological polar surface area (TPSA) is 59.1 Å². The van der Waals surface area contributed by atoms with Gasteiger partial charge in [-0.25, -0.2) is 0 Å². The Morgan fingerprint density at radius 3 is 3.00 bits per heavy atom. The van der Waals surface area contributed by atoms with E-state index in [0.29, 0.717) is 15.7 Å². The van der Waals surface area contributed by atoms with E-state index in [-0.39, 0.29) is 5.75 Å². The summed E-state index contributed by atoms with van der Waals surface area (Å²) in [6, 6.07) is 5.27. The first-order chi connectivity index (χ1) is 6.20. The van der Waals surface area contributed by atoms with Crippen LogP contribution in [-0.2, 0) is 0 Å². The van der Waals surface area contributed by atoms with Crippen LogP contribution in [0.5, 0.6) is 5.75 Å². The number of nitrogen functional groups attached to an aromatic ring is 1. The number of anilines is 1. The van der Waals surface area contributed by atoms with Gasteiger partial charge in [0, 0.05) is 17.3 Å². The predicted molar refractivity (Wildman–Crippen MR) is 55.5 cm³/mol. The number of benzene rings is 1. The van der Waals surface area contributed by atoms with Crippen molar-refractivity contribution in [1.29, 1.82) is 0 Å². The molecule has 13 heavy (non-hydrogen) atoms. The summed E-state index contributed by atoms with van der Waals surface area (Å²) in [5.74, 6) is 0.129. The Hall–Kier alpha value is -1.29. The average Bonchev–Trinajstić information content (AvgIpc) is 2.15. The Kier molecular flexibility index (Phi) is 1.84. The number of fused-ring (bicyclic) bond motifs is 1. The summed E-state index contributed by atoms with van der Waals surface area (Å²) < 4.78 is 0.566. The second-order valence-electron chi connectivity index (χ2n) is 2.70. The van der Waals surface area contributed by atoms with Crippen molar-refractivity contribution in [1.82, 2.24) is 4.98 Å². The van der Waals surface area contributed by atoms with E-state index < -0.39 is 0 Å². The monoisotopic (exact) mass is 238 g/mol. The maximum atomic E-state index is 9.62. The largest absolute Gasteiger partial charge is 0.505 e. The Morgan fingerprint density at radius 1 is 1.46 bits per heavy atom. The smallest absolute Gasteiger partial charge is 0.156 e. The zero-order chi connectivity index (χ0) is 9.42. The molecule has 0 fully saturated rings. The van der Waals surface area contributed by atoms with Gasteiger partial charge in [0.05, 0.1) is 4.47 Å². The van der Waals surface area contributed by atoms with Crippen LogP contribution in [-0.4, -0.2) is 10.1 Å². The molecule has 0 bridgehead atoms. The lowest BCUT2D eigenvalue weighted by Gasteiger charge is -2.04. The van der Waals surface area contributed by atoms with Gasteiger partial charge < -0.3 is 10.8 Å². The van der Waals surface area contributed by atoms with Crippen molar-refractivity contribution < 1.29 is 5.11 Å². The lowest BCUT2D eigenvalue weighted by molar-refractivity contribution is 0.477. The van der Waals surface area contributed by atoms with E-state index in [1.165, 1.54) is 0 Å². The maximum Gasteiger partial charge on any atom is 0.156 e. The van der Waals surface area contributed by atoms with Crippen LogP contribution in [0.2, 0.25) is 0 Å². The fraction of sp³-hybridized carbons (Fsp3) is 0. The zero-order valence-corrected chi connectivity index (χ0v) is 8.25. The minimum atomic E-state index is 0.129. The molecule has 0 aliphatic carbocycles. The van der Waals surface area contributed by atoms with E-state index in [9.17, 15) is 5.11 Å². The Labute approximate surface area is 83.3 Å². The molecular weight excluding hydrogens is 232 g/mol. The summed E-state index contributed by atoms with van der Waals surface area (Å²) in [6.45, 7) is 0. The van der Waals surface area contributed by atoms with Crippen molar-refractivity contribution in [2.24, 2.45) is 0 Å². The first-order valence-electron chi connectivity index (χ1n) is 3.72. The van der Waals surface area contributed by atoms with E-state index in [1.807, 2.05) is 6.07 Å². The molecular formula is C9H7BrN2O. The van der Waals surface area contributed by atoms with Gasteiger partial charge in [0.25, 0.3) is 0 Å². The number of aromatic hydroxyl groups is 1. The van der Waals surface area contributed by atoms with Gasteiger partial charge in [-0.2, -0.15) is 0 Å². The molecule has 2 aromatic rings. The Balaban J connectivity index is 2.97. The van der Waals surface area contributed by atoms with E-state index in [2.05, 4.69) is 20.9 Å². The predicted octanol–water partition coefficient (Wildman–Crippen LogP) is 2.29. The van der Waals surface area contributed by atoms with E-state index in [4.69, 9.17) is 5.73 Å². The molecule has 1 heterocycles. The summed E-state index contributed by atoms with van der Waals surface area (Å²) in [4.78, 5) is 4.04. The van der Waals surface area contributed by atoms with E-state index >= 15 is 0 Å². The minimum Gasteiger partial charge on any atom is -0.505 e. The molecule has 0 aliphatic heterocycles. The zero-order valence-electron chi connectivity index (χ0n) is 6.66. The van der Waals surface area contributed by atoms with Crippen LogP contribution >= 0.6 is 15.9 Å². The molecule has 0 amide bonds. The lowest BCUT2D eigenvalue weighted by atomic mass is 10.2. The number of hydrogen-bond donors (Lipinski definition) is 2. The number of aromatic nitrogens is 1. The van der Waals surface area contributed by atoms with Crippen molar-refractivity contribution >= 4 is 32.5 Å². The second-order valence-corrected chi connectivity index (χ2v) is 3.55. The summed E-state index contributed by atoms with van der Waals surface area (Å²) in [6.07, 6.45) is 1.62. The van der Waals surface area contributed by atoms with Crippen molar-refractivity contribution in [3.63, 3.8) is 0 Å². The Bertz CT molecular complexity index is 470. The van der Waals surface area contributed by atoms with Crippen LogP contribution in [0.25, 0.3) is 10.9 Å². The minimum absolute atomic E-state index is 0.129. The molecule has 0 aliphatic rings. The van der Waals surface area contributed by atoms with Crippen molar-refractivity contribution in [2.45, 2.75) is 0 Å². The van der Waals surface area contributed by atoms with E-state index in [0.717, 1.165) is 5.39 Å². The molecule has 0 atom stereocenters. The molecule has 1 aromatic heterocycles. The molecule has 0 unspecified atom stereocenters. The third-order valence-electron chi connectivity index (χ3n) is 1.85. The fourth-order valence-electron chi connectivity index (χ4n) is 1.22. The molecule has 3 nitrogen and oxygen atoms in total. The van der Waals surface area contributed by atoms with Gasteiger partial charge in [-0.05, 0) is 34.1 Å². The van der Waals surface area contributed by atoms with Crippen LogP contribution in [0.4, 0.5) is 5.69 Å². The third-order valence-corrected chi connectivity index (χ3v) is 2.46. The molecule has 4 heteroatoms. The SMILES string of the molecule is Nc1cc(Br)c(O)c2ncccc12. The van der Waals surface area contributed by atoms with Gasteiger partial charge in [-0.3, -0.25) is 4.98 Å². The highest BCUT2D eigenvalue weighted by molar-refractivity contribution is 9.10. The standard InChI is InChI=1S/C9H7BrN2O/c10-6-4-7(11)5-2-1-3-12-8(5)9(6)13/h1-4,13H,11H2. The highest BCUT2D eigenvalue weighted by Gasteiger charge is 2.07. The number of phenolic OH excluding ortho intramolecular Hbond substituents is 1. The molecule has 1 aromatic carbocycles. The first kappa shape index (κ1) is 8.31. The van der Waals surface area contributed by atoms with Gasteiger partial charge in [-0.1, -0.05) is 0 Å². The number of rotatable bonds is 0. The quantitative estimate of drug-likeness (QED) is 0.547. The summed E-state index contributed by atoms with van der Waals surface area (Å²) >= 11 is 3.20. The van der Waals surface area contributed by atoms with Gasteiger partial charge in [0.1, 0.15) is 5.52 Å². The van der Waals surface area contributed by atoms with E-state index in [1.54, 1.807) is 18.3 Å². The van der Waals surface area contributed by atoms with Gasteiger partial charge in [-0.15, -0.1) is 0 Å². The van der Waals surface area contributed by atoms with Gasteiger partial charge in [0.2, 0.25) is 0 Å². The third kappa shape index (κ3) is 1.23. The lowest BCUT2D eigenvalue weighted by Crippen LogP contribution is -1.89. The number of hydrogen-bond acceptors (Lipinski definition) is 3. The van der Waals surface area contributed by atoms with Crippen LogP contribution in [0.3, 0.4) is 0 Å². The fourth-order valence-corrected chi connectivity index (χ4v) is 1.66. The van der Waals surface area contributed by atoms with Crippen LogP contribution < -0.4 is 5.73 Å². The van der Waals surface area contributed by atoms with Gasteiger partial charge in [0.15, 0.2) is 5.75 Å². The summed E-state index contributed by atoms with van der Waals surface area (Å²) in [5, 5.41) is 10.4. The maximum absolute atomic E-state index is 9.62. The molecule has 0 saturated carbocycles. The van der Waals surface area contributed by atoms with Crippen LogP contribution in [0.15, 0.2) is 28.9 Å². The highest BCUT2D eigenvalue weighted by Crippen LogP contribution is 2.34. The highest BCUT2D eigenvalue weighted by atomic mass is 79.9. The first-order valence-corrected chi connectivity index (χ1v) is 4.51. The second kappa shape index (κ2) is 2.88. The summed E-state index contributed by atoms with van der Waals surface area (Å²) in [7, 11) is 0. The van der Waals surface area contributed by atoms with Crippen molar-refractivity contribution in [2.75, 3.05) is 5.73 Å². The number of nitrogens with zero attached hydrogens (tertiary/aromatic N) is 1. The number of pyridine rings is 1. The van der Waals surface area contributed by atoms with Crippen LogP contribution in [0, 0.1) is 0 Å². The molecule has 0 saturated heterocycles. The van der Waals surface area contributed by atoms with Gasteiger partial charge >= 0.3 is 0 Å². The van der Waals surface area contributed by atoms with Crippen LogP contribution in [0.1, 0.15) is 0 Å². The molecule has 66 valence electrons. The summed E-state index contributed by atoms with van der Waals surface area (Å²) in [5.41, 5.74) is 6.87. The molecule has 0 spiro atoms. The number of halogens is 1. The molecule has 0 radical (unpaired) electrons. The Morgan fingerprint density at radius 2 is 2.23 bits per heavy atom.